The predicted molar refractivity (Wildman–Crippen MR) is 136 cm³/mol. The van der Waals surface area contributed by atoms with Crippen molar-refractivity contribution in [3.05, 3.63) is 94.5 Å². The van der Waals surface area contributed by atoms with Crippen molar-refractivity contribution >= 4 is 17.6 Å². The fourth-order valence-corrected chi connectivity index (χ4v) is 3.93. The number of carbonyl (C=O) groups excluding carboxylic acids is 1. The van der Waals surface area contributed by atoms with E-state index in [0.29, 0.717) is 11.5 Å². The van der Waals surface area contributed by atoms with Gasteiger partial charge in [-0.15, -0.1) is 0 Å². The summed E-state index contributed by atoms with van der Waals surface area (Å²) in [5.41, 5.74) is 5.72. The summed E-state index contributed by atoms with van der Waals surface area (Å²) < 4.78 is 10.8. The average molecular weight is 444 g/mol. The van der Waals surface area contributed by atoms with Crippen LogP contribution in [-0.2, 0) is 4.79 Å². The monoisotopic (exact) mass is 443 g/mol. The van der Waals surface area contributed by atoms with E-state index in [1.807, 2.05) is 67.6 Å². The molecule has 0 fully saturated rings. The number of ether oxygens (including phenoxy) is 2. The second kappa shape index (κ2) is 10.9. The molecular formula is C29H33NO3. The molecule has 1 amide bonds. The molecule has 0 saturated heterocycles. The van der Waals surface area contributed by atoms with Crippen molar-refractivity contribution < 1.29 is 14.3 Å². The number of nitrogens with one attached hydrogen (secondary N) is 1. The van der Waals surface area contributed by atoms with Crippen molar-refractivity contribution in [3.63, 3.8) is 0 Å². The lowest BCUT2D eigenvalue weighted by atomic mass is 9.93. The van der Waals surface area contributed by atoms with Gasteiger partial charge in [0.15, 0.2) is 0 Å². The third-order valence-electron chi connectivity index (χ3n) is 5.81. The summed E-state index contributed by atoms with van der Waals surface area (Å²) >= 11 is 0. The lowest BCUT2D eigenvalue weighted by Gasteiger charge is -2.22. The van der Waals surface area contributed by atoms with Gasteiger partial charge in [0.2, 0.25) is 0 Å². The fourth-order valence-electron chi connectivity index (χ4n) is 3.93. The molecule has 0 aromatic heterocycles. The molecule has 0 spiro atoms. The smallest absolute Gasteiger partial charge is 0.252 e. The minimum absolute atomic E-state index is 0.120. The maximum absolute atomic E-state index is 13.5. The zero-order valence-electron chi connectivity index (χ0n) is 20.3. The maximum atomic E-state index is 13.5. The minimum Gasteiger partial charge on any atom is -0.497 e. The molecule has 3 rings (SSSR count). The summed E-state index contributed by atoms with van der Waals surface area (Å²) in [6, 6.07) is 21.5. The van der Waals surface area contributed by atoms with Crippen LogP contribution in [0.25, 0.3) is 11.6 Å². The van der Waals surface area contributed by atoms with Crippen LogP contribution in [0, 0.1) is 6.92 Å². The SMILES string of the molecule is COc1ccc(/C=C(/C(=O)N[C@H](C)c2cc(C(C)C)c(OC)cc2C)c2ccccc2)cc1. The average Bonchev–Trinajstić information content (AvgIpc) is 2.82. The number of carbonyl (C=O) groups is 1. The van der Waals surface area contributed by atoms with E-state index >= 15 is 0 Å². The van der Waals surface area contributed by atoms with E-state index in [1.165, 1.54) is 0 Å². The molecular weight excluding hydrogens is 410 g/mol. The lowest BCUT2D eigenvalue weighted by molar-refractivity contribution is -0.116. The van der Waals surface area contributed by atoms with E-state index in [4.69, 9.17) is 9.47 Å². The third-order valence-corrected chi connectivity index (χ3v) is 5.81. The molecule has 33 heavy (non-hydrogen) atoms. The molecule has 172 valence electrons. The Bertz CT molecular complexity index is 1120. The third kappa shape index (κ3) is 5.83. The Kier molecular flexibility index (Phi) is 7.94. The molecule has 0 aliphatic heterocycles. The molecule has 0 aliphatic carbocycles. The van der Waals surface area contributed by atoms with E-state index < -0.39 is 0 Å². The van der Waals surface area contributed by atoms with E-state index in [9.17, 15) is 4.79 Å². The summed E-state index contributed by atoms with van der Waals surface area (Å²) in [6.07, 6.45) is 1.91. The van der Waals surface area contributed by atoms with Gasteiger partial charge in [0.1, 0.15) is 11.5 Å². The molecule has 0 saturated carbocycles. The number of aryl methyl sites for hydroxylation is 1. The van der Waals surface area contributed by atoms with Crippen molar-refractivity contribution in [2.24, 2.45) is 0 Å². The zero-order valence-corrected chi connectivity index (χ0v) is 20.3. The number of rotatable bonds is 8. The number of amides is 1. The molecule has 4 heteroatoms. The van der Waals surface area contributed by atoms with Gasteiger partial charge in [-0.3, -0.25) is 4.79 Å². The highest BCUT2D eigenvalue weighted by atomic mass is 16.5. The van der Waals surface area contributed by atoms with E-state index in [-0.39, 0.29) is 11.9 Å². The first kappa shape index (κ1) is 24.1. The molecule has 3 aromatic carbocycles. The molecule has 0 bridgehead atoms. The Morgan fingerprint density at radius 2 is 1.55 bits per heavy atom. The van der Waals surface area contributed by atoms with Gasteiger partial charge in [0.05, 0.1) is 20.3 Å². The van der Waals surface area contributed by atoms with E-state index in [0.717, 1.165) is 39.3 Å². The molecule has 3 aromatic rings. The van der Waals surface area contributed by atoms with Gasteiger partial charge >= 0.3 is 0 Å². The van der Waals surface area contributed by atoms with Gasteiger partial charge in [0.25, 0.3) is 5.91 Å². The summed E-state index contributed by atoms with van der Waals surface area (Å²) in [7, 11) is 3.34. The molecule has 1 atom stereocenters. The molecule has 1 N–H and O–H groups in total. The van der Waals surface area contributed by atoms with Gasteiger partial charge in [-0.1, -0.05) is 56.3 Å². The normalized spacial score (nSPS) is 12.4. The first-order chi connectivity index (χ1) is 15.8. The maximum Gasteiger partial charge on any atom is 0.252 e. The highest BCUT2D eigenvalue weighted by Gasteiger charge is 2.19. The van der Waals surface area contributed by atoms with Gasteiger partial charge in [-0.2, -0.15) is 0 Å². The quantitative estimate of drug-likeness (QED) is 0.317. The second-order valence-electron chi connectivity index (χ2n) is 8.50. The van der Waals surface area contributed by atoms with Crippen LogP contribution in [0.4, 0.5) is 0 Å². The van der Waals surface area contributed by atoms with Crippen LogP contribution in [0.3, 0.4) is 0 Å². The number of hydrogen-bond acceptors (Lipinski definition) is 3. The Balaban J connectivity index is 1.94. The molecule has 0 unspecified atom stereocenters. The van der Waals surface area contributed by atoms with Crippen molar-refractivity contribution in [1.82, 2.24) is 5.32 Å². The van der Waals surface area contributed by atoms with Crippen LogP contribution in [0.2, 0.25) is 0 Å². The largest absolute Gasteiger partial charge is 0.497 e. The highest BCUT2D eigenvalue weighted by Crippen LogP contribution is 2.32. The first-order valence-corrected chi connectivity index (χ1v) is 11.2. The van der Waals surface area contributed by atoms with Crippen LogP contribution in [0.5, 0.6) is 11.5 Å². The van der Waals surface area contributed by atoms with Crippen molar-refractivity contribution in [1.29, 1.82) is 0 Å². The van der Waals surface area contributed by atoms with Crippen LogP contribution in [0.15, 0.2) is 66.7 Å². The molecule has 4 nitrogen and oxygen atoms in total. The predicted octanol–water partition coefficient (Wildman–Crippen LogP) is 6.55. The van der Waals surface area contributed by atoms with E-state index in [1.54, 1.807) is 14.2 Å². The van der Waals surface area contributed by atoms with Crippen molar-refractivity contribution in [2.45, 2.75) is 39.7 Å². The van der Waals surface area contributed by atoms with Crippen molar-refractivity contribution in [2.75, 3.05) is 14.2 Å². The summed E-state index contributed by atoms with van der Waals surface area (Å²) in [6.45, 7) is 8.36. The zero-order chi connectivity index (χ0) is 24.0. The van der Waals surface area contributed by atoms with Crippen LogP contribution in [0.1, 0.15) is 60.5 Å². The number of benzene rings is 3. The topological polar surface area (TPSA) is 47.6 Å². The standard InChI is InChI=1S/C29H33NO3/c1-19(2)25-18-26(20(3)16-28(25)33-6)21(4)30-29(31)27(23-10-8-7-9-11-23)17-22-12-14-24(32-5)15-13-22/h7-19,21H,1-6H3,(H,30,31)/b27-17+/t21-/m1/s1. The van der Waals surface area contributed by atoms with Crippen LogP contribution < -0.4 is 14.8 Å². The molecule has 0 radical (unpaired) electrons. The van der Waals surface area contributed by atoms with Gasteiger partial charge in [0, 0.05) is 5.57 Å². The van der Waals surface area contributed by atoms with Crippen molar-refractivity contribution in [3.8, 4) is 11.5 Å². The van der Waals surface area contributed by atoms with Gasteiger partial charge in [-0.25, -0.2) is 0 Å². The fraction of sp³-hybridized carbons (Fsp3) is 0.276. The Labute approximate surface area is 197 Å². The minimum atomic E-state index is -0.163. The van der Waals surface area contributed by atoms with Crippen LogP contribution in [-0.4, -0.2) is 20.1 Å². The van der Waals surface area contributed by atoms with E-state index in [2.05, 4.69) is 38.2 Å². The van der Waals surface area contributed by atoms with Gasteiger partial charge in [-0.05, 0) is 77.9 Å². The number of methoxy groups -OCH3 is 2. The van der Waals surface area contributed by atoms with Gasteiger partial charge < -0.3 is 14.8 Å². The lowest BCUT2D eigenvalue weighted by Crippen LogP contribution is -2.28. The second-order valence-corrected chi connectivity index (χ2v) is 8.50. The summed E-state index contributed by atoms with van der Waals surface area (Å²) in [4.78, 5) is 13.5. The Morgan fingerprint density at radius 3 is 2.12 bits per heavy atom. The van der Waals surface area contributed by atoms with Crippen LogP contribution >= 0.6 is 0 Å². The summed E-state index contributed by atoms with van der Waals surface area (Å²) in [5, 5.41) is 3.21. The number of hydrogen-bond donors (Lipinski definition) is 1. The summed E-state index contributed by atoms with van der Waals surface area (Å²) in [5.74, 6) is 1.86. The Hall–Kier alpha value is -3.53. The molecule has 0 aliphatic rings. The highest BCUT2D eigenvalue weighted by molar-refractivity contribution is 6.24. The molecule has 0 heterocycles. The Morgan fingerprint density at radius 1 is 0.879 bits per heavy atom. The first-order valence-electron chi connectivity index (χ1n) is 11.2.